The summed E-state index contributed by atoms with van der Waals surface area (Å²) in [6.45, 7) is 2.97. The SMILES string of the molecule is C#CCN(CC1CC1)c1ncccc1C(C)=O. The topological polar surface area (TPSA) is 33.2 Å². The van der Waals surface area contributed by atoms with Crippen LogP contribution >= 0.6 is 0 Å². The van der Waals surface area contributed by atoms with Crippen LogP contribution in [0, 0.1) is 18.3 Å². The van der Waals surface area contributed by atoms with E-state index in [0.29, 0.717) is 18.0 Å². The molecule has 0 saturated heterocycles. The average molecular weight is 228 g/mol. The minimum absolute atomic E-state index is 0.0333. The van der Waals surface area contributed by atoms with Gasteiger partial charge in [0, 0.05) is 12.7 Å². The van der Waals surface area contributed by atoms with E-state index >= 15 is 0 Å². The maximum absolute atomic E-state index is 11.6. The Morgan fingerprint density at radius 1 is 1.65 bits per heavy atom. The molecule has 0 unspecified atom stereocenters. The van der Waals surface area contributed by atoms with Crippen molar-refractivity contribution in [2.24, 2.45) is 5.92 Å². The van der Waals surface area contributed by atoms with Crippen molar-refractivity contribution in [1.29, 1.82) is 0 Å². The number of pyridine rings is 1. The van der Waals surface area contributed by atoms with Crippen LogP contribution in [-0.2, 0) is 0 Å². The summed E-state index contributed by atoms with van der Waals surface area (Å²) in [5, 5.41) is 0. The van der Waals surface area contributed by atoms with Crippen LogP contribution in [0.5, 0.6) is 0 Å². The first-order valence-corrected chi connectivity index (χ1v) is 5.86. The molecule has 88 valence electrons. The Morgan fingerprint density at radius 2 is 2.41 bits per heavy atom. The molecule has 1 saturated carbocycles. The summed E-state index contributed by atoms with van der Waals surface area (Å²) in [5.41, 5.74) is 0.656. The lowest BCUT2D eigenvalue weighted by Crippen LogP contribution is -2.28. The highest BCUT2D eigenvalue weighted by atomic mass is 16.1. The number of aromatic nitrogens is 1. The first kappa shape index (κ1) is 11.7. The van der Waals surface area contributed by atoms with Crippen LogP contribution in [0.1, 0.15) is 30.1 Å². The summed E-state index contributed by atoms with van der Waals surface area (Å²) in [5.74, 6) is 4.11. The molecule has 0 bridgehead atoms. The van der Waals surface area contributed by atoms with Gasteiger partial charge in [-0.15, -0.1) is 6.42 Å². The van der Waals surface area contributed by atoms with E-state index in [9.17, 15) is 4.79 Å². The standard InChI is InChI=1S/C14H16N2O/c1-3-9-16(10-12-6-7-12)14-13(11(2)17)5-4-8-15-14/h1,4-5,8,12H,6-7,9-10H2,2H3. The fourth-order valence-corrected chi connectivity index (χ4v) is 1.87. The van der Waals surface area contributed by atoms with Gasteiger partial charge in [0.25, 0.3) is 0 Å². The number of ketones is 1. The molecule has 1 aromatic heterocycles. The molecule has 3 nitrogen and oxygen atoms in total. The molecule has 1 aromatic rings. The van der Waals surface area contributed by atoms with Crippen molar-refractivity contribution in [1.82, 2.24) is 4.98 Å². The van der Waals surface area contributed by atoms with Crippen molar-refractivity contribution in [2.45, 2.75) is 19.8 Å². The third kappa shape index (κ3) is 2.85. The van der Waals surface area contributed by atoms with Crippen LogP contribution < -0.4 is 4.90 Å². The molecule has 3 heteroatoms. The van der Waals surface area contributed by atoms with E-state index in [1.807, 2.05) is 4.90 Å². The van der Waals surface area contributed by atoms with Gasteiger partial charge in [0.15, 0.2) is 5.78 Å². The molecule has 0 atom stereocenters. The van der Waals surface area contributed by atoms with Gasteiger partial charge in [-0.25, -0.2) is 4.98 Å². The van der Waals surface area contributed by atoms with Crippen LogP contribution in [0.3, 0.4) is 0 Å². The number of rotatable bonds is 5. The van der Waals surface area contributed by atoms with Crippen molar-refractivity contribution in [3.8, 4) is 12.3 Å². The second-order valence-electron chi connectivity index (χ2n) is 4.46. The molecular formula is C14H16N2O. The van der Waals surface area contributed by atoms with Crippen molar-refractivity contribution in [3.05, 3.63) is 23.9 Å². The quantitative estimate of drug-likeness (QED) is 0.572. The van der Waals surface area contributed by atoms with Crippen LogP contribution in [0.2, 0.25) is 0 Å². The minimum Gasteiger partial charge on any atom is -0.345 e. The zero-order chi connectivity index (χ0) is 12.3. The molecule has 1 aliphatic rings. The Bertz CT molecular complexity index is 458. The van der Waals surface area contributed by atoms with Gasteiger partial charge < -0.3 is 4.90 Å². The average Bonchev–Trinajstić information content (AvgIpc) is 3.12. The predicted molar refractivity (Wildman–Crippen MR) is 68.0 cm³/mol. The van der Waals surface area contributed by atoms with E-state index < -0.39 is 0 Å². The Labute approximate surface area is 102 Å². The minimum atomic E-state index is 0.0333. The van der Waals surface area contributed by atoms with Crippen molar-refractivity contribution in [3.63, 3.8) is 0 Å². The largest absolute Gasteiger partial charge is 0.345 e. The number of hydrogen-bond acceptors (Lipinski definition) is 3. The van der Waals surface area contributed by atoms with Crippen molar-refractivity contribution in [2.75, 3.05) is 18.0 Å². The summed E-state index contributed by atoms with van der Waals surface area (Å²) >= 11 is 0. The molecule has 0 spiro atoms. The molecule has 0 aliphatic heterocycles. The molecule has 1 fully saturated rings. The molecule has 0 amide bonds. The van der Waals surface area contributed by atoms with Gasteiger partial charge >= 0.3 is 0 Å². The summed E-state index contributed by atoms with van der Waals surface area (Å²) in [4.78, 5) is 17.9. The summed E-state index contributed by atoms with van der Waals surface area (Å²) < 4.78 is 0. The molecule has 0 N–H and O–H groups in total. The summed E-state index contributed by atoms with van der Waals surface area (Å²) in [7, 11) is 0. The smallest absolute Gasteiger partial charge is 0.163 e. The number of carbonyl (C=O) groups is 1. The number of nitrogens with zero attached hydrogens (tertiary/aromatic N) is 2. The summed E-state index contributed by atoms with van der Waals surface area (Å²) in [6, 6.07) is 3.59. The number of Topliss-reactive ketones (excluding diaryl/α,β-unsaturated/α-hetero) is 1. The van der Waals surface area contributed by atoms with Gasteiger partial charge in [0.2, 0.25) is 0 Å². The highest BCUT2D eigenvalue weighted by molar-refractivity contribution is 5.98. The van der Waals surface area contributed by atoms with E-state index in [1.165, 1.54) is 12.8 Å². The van der Waals surface area contributed by atoms with E-state index in [4.69, 9.17) is 6.42 Å². The molecular weight excluding hydrogens is 212 g/mol. The normalized spacial score (nSPS) is 14.1. The second-order valence-corrected chi connectivity index (χ2v) is 4.46. The lowest BCUT2D eigenvalue weighted by molar-refractivity contribution is 0.101. The van der Waals surface area contributed by atoms with Gasteiger partial charge in [-0.2, -0.15) is 0 Å². The molecule has 17 heavy (non-hydrogen) atoms. The Kier molecular flexibility index (Phi) is 3.43. The number of anilines is 1. The Balaban J connectivity index is 2.27. The zero-order valence-electron chi connectivity index (χ0n) is 10.0. The first-order chi connectivity index (χ1) is 8.22. The van der Waals surface area contributed by atoms with Crippen molar-refractivity contribution < 1.29 is 4.79 Å². The van der Waals surface area contributed by atoms with Gasteiger partial charge in [-0.1, -0.05) is 5.92 Å². The molecule has 2 rings (SSSR count). The zero-order valence-corrected chi connectivity index (χ0v) is 10.0. The van der Waals surface area contributed by atoms with Crippen LogP contribution in [0.4, 0.5) is 5.82 Å². The molecule has 0 radical (unpaired) electrons. The Hall–Kier alpha value is -1.82. The number of terminal acetylenes is 1. The lowest BCUT2D eigenvalue weighted by atomic mass is 10.1. The van der Waals surface area contributed by atoms with Gasteiger partial charge in [0.05, 0.1) is 12.1 Å². The second kappa shape index (κ2) is 5.01. The Morgan fingerprint density at radius 3 is 3.00 bits per heavy atom. The maximum Gasteiger partial charge on any atom is 0.163 e. The van der Waals surface area contributed by atoms with E-state index in [1.54, 1.807) is 25.3 Å². The maximum atomic E-state index is 11.6. The van der Waals surface area contributed by atoms with Gasteiger partial charge in [-0.3, -0.25) is 4.79 Å². The highest BCUT2D eigenvalue weighted by Crippen LogP contribution is 2.31. The fourth-order valence-electron chi connectivity index (χ4n) is 1.87. The van der Waals surface area contributed by atoms with E-state index in [0.717, 1.165) is 12.4 Å². The van der Waals surface area contributed by atoms with Crippen molar-refractivity contribution >= 4 is 11.6 Å². The van der Waals surface area contributed by atoms with E-state index in [-0.39, 0.29) is 5.78 Å². The monoisotopic (exact) mass is 228 g/mol. The first-order valence-electron chi connectivity index (χ1n) is 5.86. The molecule has 1 aliphatic carbocycles. The van der Waals surface area contributed by atoms with Gasteiger partial charge in [0.1, 0.15) is 5.82 Å². The van der Waals surface area contributed by atoms with Gasteiger partial charge in [-0.05, 0) is 37.8 Å². The summed E-state index contributed by atoms with van der Waals surface area (Å²) in [6.07, 6.45) is 9.60. The highest BCUT2D eigenvalue weighted by Gasteiger charge is 2.26. The van der Waals surface area contributed by atoms with Crippen LogP contribution in [0.15, 0.2) is 18.3 Å². The number of hydrogen-bond donors (Lipinski definition) is 0. The van der Waals surface area contributed by atoms with E-state index in [2.05, 4.69) is 10.9 Å². The molecule has 1 heterocycles. The fraction of sp³-hybridized carbons (Fsp3) is 0.429. The third-order valence-corrected chi connectivity index (χ3v) is 2.92. The predicted octanol–water partition coefficient (Wildman–Crippen LogP) is 2.13. The third-order valence-electron chi connectivity index (χ3n) is 2.92. The van der Waals surface area contributed by atoms with Crippen LogP contribution in [0.25, 0.3) is 0 Å². The number of carbonyl (C=O) groups excluding carboxylic acids is 1. The van der Waals surface area contributed by atoms with Crippen LogP contribution in [-0.4, -0.2) is 23.9 Å². The molecule has 0 aromatic carbocycles. The lowest BCUT2D eigenvalue weighted by Gasteiger charge is -2.22.